The number of rotatable bonds is 4. The highest BCUT2D eigenvalue weighted by atomic mass is 14.8. The molecule has 0 spiro atoms. The first kappa shape index (κ1) is 10.5. The maximum absolute atomic E-state index is 4.68. The molecule has 0 N–H and O–H groups in total. The van der Waals surface area contributed by atoms with E-state index in [1.807, 2.05) is 0 Å². The van der Waals surface area contributed by atoms with E-state index in [2.05, 4.69) is 38.8 Å². The van der Waals surface area contributed by atoms with Gasteiger partial charge in [0.15, 0.2) is 0 Å². The molecule has 0 bridgehead atoms. The summed E-state index contributed by atoms with van der Waals surface area (Å²) in [6.07, 6.45) is 5.91. The van der Waals surface area contributed by atoms with Gasteiger partial charge in [0.05, 0.1) is 0 Å². The minimum atomic E-state index is 0.613. The summed E-state index contributed by atoms with van der Waals surface area (Å²) in [4.78, 5) is 4.68. The lowest BCUT2D eigenvalue weighted by Gasteiger charge is -2.08. The summed E-state index contributed by atoms with van der Waals surface area (Å²) in [5.41, 5.74) is 2.68. The molecule has 1 atom stereocenters. The Morgan fingerprint density at radius 2 is 2.08 bits per heavy atom. The number of allylic oxidation sites excluding steroid dienone is 2. The maximum Gasteiger partial charge on any atom is 0.0395 e. The summed E-state index contributed by atoms with van der Waals surface area (Å²) in [5, 5.41) is 0. The fourth-order valence-electron chi connectivity index (χ4n) is 1.72. The minimum absolute atomic E-state index is 0.613. The second-order valence-corrected chi connectivity index (χ2v) is 4.28. The average Bonchev–Trinajstić information content (AvgIpc) is 2.52. The Morgan fingerprint density at radius 1 is 1.38 bits per heavy atom. The van der Waals surface area contributed by atoms with Crippen molar-refractivity contribution in [2.75, 3.05) is 0 Å². The molecular weight excluding hydrogens is 158 g/mol. The van der Waals surface area contributed by atoms with Crippen LogP contribution in [0, 0.1) is 11.8 Å². The highest BCUT2D eigenvalue weighted by molar-refractivity contribution is 5.90. The van der Waals surface area contributed by atoms with Gasteiger partial charge < -0.3 is 0 Å². The average molecular weight is 179 g/mol. The van der Waals surface area contributed by atoms with Crippen molar-refractivity contribution in [2.45, 2.75) is 47.0 Å². The summed E-state index contributed by atoms with van der Waals surface area (Å²) in [7, 11) is 0. The van der Waals surface area contributed by atoms with Crippen molar-refractivity contribution >= 4 is 5.71 Å². The molecule has 1 aliphatic heterocycles. The molecule has 0 radical (unpaired) electrons. The van der Waals surface area contributed by atoms with Crippen LogP contribution in [0.2, 0.25) is 0 Å². The Morgan fingerprint density at radius 3 is 2.54 bits per heavy atom. The molecule has 1 heteroatoms. The fourth-order valence-corrected chi connectivity index (χ4v) is 1.72. The van der Waals surface area contributed by atoms with Gasteiger partial charge in [-0.05, 0) is 18.3 Å². The van der Waals surface area contributed by atoms with Crippen LogP contribution in [-0.2, 0) is 0 Å². The number of hydrogen-bond donors (Lipinski definition) is 0. The van der Waals surface area contributed by atoms with E-state index < -0.39 is 0 Å². The predicted molar refractivity (Wildman–Crippen MR) is 59.0 cm³/mol. The van der Waals surface area contributed by atoms with Gasteiger partial charge in [0, 0.05) is 17.8 Å². The normalized spacial score (nSPS) is 18.8. The molecule has 0 saturated heterocycles. The van der Waals surface area contributed by atoms with Gasteiger partial charge in [0.1, 0.15) is 0 Å². The van der Waals surface area contributed by atoms with Gasteiger partial charge in [-0.3, -0.25) is 4.99 Å². The quantitative estimate of drug-likeness (QED) is 0.622. The first-order valence-electron chi connectivity index (χ1n) is 5.42. The molecule has 1 rings (SSSR count). The number of hydrogen-bond acceptors (Lipinski definition) is 1. The van der Waals surface area contributed by atoms with Crippen molar-refractivity contribution in [1.82, 2.24) is 0 Å². The Kier molecular flexibility index (Phi) is 3.71. The maximum atomic E-state index is 4.68. The standard InChI is InChI=1S/C12H21N/c1-5-6-10(4)12-8-7-11(13-12)9(2)3/h8-10H,5-7H2,1-4H3. The molecule has 1 heterocycles. The van der Waals surface area contributed by atoms with Crippen LogP contribution in [0.15, 0.2) is 16.8 Å². The van der Waals surface area contributed by atoms with Crippen molar-refractivity contribution in [3.05, 3.63) is 11.8 Å². The van der Waals surface area contributed by atoms with Crippen LogP contribution in [0.3, 0.4) is 0 Å². The summed E-state index contributed by atoms with van der Waals surface area (Å²) >= 11 is 0. The van der Waals surface area contributed by atoms with E-state index in [0.717, 1.165) is 6.42 Å². The minimum Gasteiger partial charge on any atom is -0.262 e. The molecule has 74 valence electrons. The van der Waals surface area contributed by atoms with Crippen LogP contribution in [-0.4, -0.2) is 5.71 Å². The topological polar surface area (TPSA) is 12.4 Å². The molecule has 0 aliphatic carbocycles. The van der Waals surface area contributed by atoms with E-state index in [1.54, 1.807) is 0 Å². The molecule has 0 aromatic heterocycles. The van der Waals surface area contributed by atoms with Gasteiger partial charge >= 0.3 is 0 Å². The third-order valence-electron chi connectivity index (χ3n) is 2.69. The SMILES string of the molecule is CCCC(C)C1=CCC(C(C)C)=N1. The molecule has 1 unspecified atom stereocenters. The Bertz CT molecular complexity index is 223. The highest BCUT2D eigenvalue weighted by Gasteiger charge is 2.15. The zero-order chi connectivity index (χ0) is 9.84. The van der Waals surface area contributed by atoms with E-state index in [4.69, 9.17) is 0 Å². The summed E-state index contributed by atoms with van der Waals surface area (Å²) in [6.45, 7) is 8.96. The second-order valence-electron chi connectivity index (χ2n) is 4.28. The molecule has 0 aromatic rings. The Hall–Kier alpha value is -0.590. The van der Waals surface area contributed by atoms with Crippen LogP contribution in [0.25, 0.3) is 0 Å². The van der Waals surface area contributed by atoms with Crippen LogP contribution in [0.5, 0.6) is 0 Å². The van der Waals surface area contributed by atoms with Gasteiger partial charge in [0.25, 0.3) is 0 Å². The molecular formula is C12H21N. The summed E-state index contributed by atoms with van der Waals surface area (Å²) < 4.78 is 0. The van der Waals surface area contributed by atoms with E-state index in [-0.39, 0.29) is 0 Å². The molecule has 13 heavy (non-hydrogen) atoms. The molecule has 0 saturated carbocycles. The van der Waals surface area contributed by atoms with Gasteiger partial charge in [-0.25, -0.2) is 0 Å². The van der Waals surface area contributed by atoms with Gasteiger partial charge in [-0.2, -0.15) is 0 Å². The number of nitrogens with zero attached hydrogens (tertiary/aromatic N) is 1. The van der Waals surface area contributed by atoms with Crippen molar-refractivity contribution in [3.63, 3.8) is 0 Å². The van der Waals surface area contributed by atoms with E-state index in [1.165, 1.54) is 24.3 Å². The Labute approximate surface area is 82.0 Å². The first-order chi connectivity index (χ1) is 6.15. The number of aliphatic imine (C=N–C) groups is 1. The molecule has 0 amide bonds. The van der Waals surface area contributed by atoms with Gasteiger partial charge in [-0.15, -0.1) is 0 Å². The summed E-state index contributed by atoms with van der Waals surface area (Å²) in [6, 6.07) is 0. The Balaban J connectivity index is 2.54. The lowest BCUT2D eigenvalue weighted by atomic mass is 10.0. The molecule has 0 fully saturated rings. The van der Waals surface area contributed by atoms with Crippen molar-refractivity contribution in [3.8, 4) is 0 Å². The van der Waals surface area contributed by atoms with Crippen LogP contribution in [0.1, 0.15) is 47.0 Å². The third-order valence-corrected chi connectivity index (χ3v) is 2.69. The lowest BCUT2D eigenvalue weighted by molar-refractivity contribution is 0.597. The van der Waals surface area contributed by atoms with E-state index in [9.17, 15) is 0 Å². The monoisotopic (exact) mass is 179 g/mol. The zero-order valence-electron chi connectivity index (χ0n) is 9.30. The first-order valence-corrected chi connectivity index (χ1v) is 5.42. The smallest absolute Gasteiger partial charge is 0.0395 e. The third kappa shape index (κ3) is 2.68. The zero-order valence-corrected chi connectivity index (χ0v) is 9.30. The van der Waals surface area contributed by atoms with Crippen molar-refractivity contribution in [2.24, 2.45) is 16.8 Å². The van der Waals surface area contributed by atoms with Crippen molar-refractivity contribution < 1.29 is 0 Å². The molecule has 1 nitrogen and oxygen atoms in total. The predicted octanol–water partition coefficient (Wildman–Crippen LogP) is 3.81. The highest BCUT2D eigenvalue weighted by Crippen LogP contribution is 2.24. The van der Waals surface area contributed by atoms with Crippen LogP contribution < -0.4 is 0 Å². The van der Waals surface area contributed by atoms with Crippen LogP contribution in [0.4, 0.5) is 0 Å². The molecule has 1 aliphatic rings. The second kappa shape index (κ2) is 4.59. The fraction of sp³-hybridized carbons (Fsp3) is 0.750. The van der Waals surface area contributed by atoms with Gasteiger partial charge in [-0.1, -0.05) is 40.2 Å². The van der Waals surface area contributed by atoms with E-state index >= 15 is 0 Å². The van der Waals surface area contributed by atoms with Crippen LogP contribution >= 0.6 is 0 Å². The lowest BCUT2D eigenvalue weighted by Crippen LogP contribution is -2.03. The summed E-state index contributed by atoms with van der Waals surface area (Å²) in [5.74, 6) is 1.27. The van der Waals surface area contributed by atoms with Gasteiger partial charge in [0.2, 0.25) is 0 Å². The van der Waals surface area contributed by atoms with Crippen molar-refractivity contribution in [1.29, 1.82) is 0 Å². The van der Waals surface area contributed by atoms with E-state index in [0.29, 0.717) is 11.8 Å². The molecule has 0 aromatic carbocycles. The largest absolute Gasteiger partial charge is 0.262 e.